The zero-order chi connectivity index (χ0) is 28.9. The molecule has 4 aromatic rings. The van der Waals surface area contributed by atoms with Gasteiger partial charge < -0.3 is 20.7 Å². The van der Waals surface area contributed by atoms with Crippen molar-refractivity contribution in [1.29, 1.82) is 0 Å². The minimum absolute atomic E-state index is 0.253. The molecule has 4 N–H and O–H groups in total. The van der Waals surface area contributed by atoms with Crippen LogP contribution in [0.3, 0.4) is 0 Å². The second-order valence-electron chi connectivity index (χ2n) is 8.96. The molecule has 1 aliphatic heterocycles. The number of pyridine rings is 1. The molecule has 0 saturated carbocycles. The minimum Gasteiger partial charge on any atom is -0.453 e. The van der Waals surface area contributed by atoms with E-state index in [1.807, 2.05) is 0 Å². The number of tetrazole rings is 1. The van der Waals surface area contributed by atoms with Crippen LogP contribution in [0.1, 0.15) is 22.9 Å². The van der Waals surface area contributed by atoms with E-state index in [9.17, 15) is 14.4 Å². The van der Waals surface area contributed by atoms with E-state index in [1.165, 1.54) is 35.3 Å². The lowest BCUT2D eigenvalue weighted by Crippen LogP contribution is -2.45. The van der Waals surface area contributed by atoms with E-state index in [4.69, 9.17) is 17.3 Å². The van der Waals surface area contributed by atoms with Crippen molar-refractivity contribution in [2.75, 3.05) is 30.0 Å². The van der Waals surface area contributed by atoms with Gasteiger partial charge in [0, 0.05) is 52.3 Å². The molecular formula is C27H24ClN9O4. The van der Waals surface area contributed by atoms with Gasteiger partial charge in [-0.3, -0.25) is 19.9 Å². The van der Waals surface area contributed by atoms with Crippen molar-refractivity contribution in [2.45, 2.75) is 12.5 Å². The van der Waals surface area contributed by atoms with Gasteiger partial charge >= 0.3 is 6.09 Å². The molecule has 2 aromatic heterocycles. The second-order valence-corrected chi connectivity index (χ2v) is 9.40. The van der Waals surface area contributed by atoms with Crippen molar-refractivity contribution >= 4 is 52.6 Å². The molecule has 0 fully saturated rings. The maximum atomic E-state index is 13.7. The molecule has 3 amide bonds. The summed E-state index contributed by atoms with van der Waals surface area (Å²) in [5.74, 6) is -0.857. The second kappa shape index (κ2) is 11.8. The van der Waals surface area contributed by atoms with Crippen molar-refractivity contribution in [3.63, 3.8) is 0 Å². The number of nitrogen functional groups attached to an aromatic ring is 1. The zero-order valence-electron chi connectivity index (χ0n) is 21.7. The van der Waals surface area contributed by atoms with Crippen molar-refractivity contribution in [3.8, 4) is 5.69 Å². The Bertz CT molecular complexity index is 1620. The number of nitrogens with two attached hydrogens (primary N) is 1. The van der Waals surface area contributed by atoms with Gasteiger partial charge in [0.1, 0.15) is 12.4 Å². The zero-order valence-corrected chi connectivity index (χ0v) is 22.4. The van der Waals surface area contributed by atoms with E-state index in [0.29, 0.717) is 51.0 Å². The monoisotopic (exact) mass is 573 g/mol. The average Bonchev–Trinajstić information content (AvgIpc) is 3.51. The largest absolute Gasteiger partial charge is 0.453 e. The number of halogens is 1. The highest BCUT2D eigenvalue weighted by Crippen LogP contribution is 2.32. The number of anilines is 3. The molecule has 208 valence electrons. The van der Waals surface area contributed by atoms with Gasteiger partial charge in [0.05, 0.1) is 24.7 Å². The van der Waals surface area contributed by atoms with Crippen molar-refractivity contribution < 1.29 is 19.1 Å². The summed E-state index contributed by atoms with van der Waals surface area (Å²) in [5, 5.41) is 17.1. The SMILES string of the molecule is COC(=O)Nc1ccc(NC(=O)C2c3cc(N)cnc3CCN2C(=O)C=Cc2cc(Cl)ccc2-n2cnnn2)cc1. The number of methoxy groups -OCH3 is 1. The molecule has 14 heteroatoms. The molecule has 0 bridgehead atoms. The number of nitrogens with one attached hydrogen (secondary N) is 2. The summed E-state index contributed by atoms with van der Waals surface area (Å²) in [5.41, 5.74) is 9.76. The van der Waals surface area contributed by atoms with Crippen molar-refractivity contribution in [2.24, 2.45) is 0 Å². The Morgan fingerprint density at radius 3 is 2.56 bits per heavy atom. The van der Waals surface area contributed by atoms with E-state index in [1.54, 1.807) is 54.6 Å². The number of hydrogen-bond acceptors (Lipinski definition) is 9. The van der Waals surface area contributed by atoms with Crippen LogP contribution in [0.25, 0.3) is 11.8 Å². The molecule has 5 rings (SSSR count). The van der Waals surface area contributed by atoms with Gasteiger partial charge in [-0.2, -0.15) is 4.68 Å². The summed E-state index contributed by atoms with van der Waals surface area (Å²) in [6.45, 7) is 0.253. The van der Waals surface area contributed by atoms with E-state index < -0.39 is 23.9 Å². The predicted octanol–water partition coefficient (Wildman–Crippen LogP) is 3.25. The summed E-state index contributed by atoms with van der Waals surface area (Å²) in [4.78, 5) is 44.5. The summed E-state index contributed by atoms with van der Waals surface area (Å²) in [7, 11) is 1.26. The van der Waals surface area contributed by atoms with E-state index in [0.717, 1.165) is 0 Å². The van der Waals surface area contributed by atoms with Gasteiger partial charge in [-0.05, 0) is 65.0 Å². The summed E-state index contributed by atoms with van der Waals surface area (Å²) in [6.07, 6.45) is 5.76. The number of carbonyl (C=O) groups excluding carboxylic acids is 3. The molecule has 1 unspecified atom stereocenters. The van der Waals surface area contributed by atoms with Crippen molar-refractivity contribution in [3.05, 3.63) is 89.0 Å². The number of nitrogens with zero attached hydrogens (tertiary/aromatic N) is 6. The van der Waals surface area contributed by atoms with Gasteiger partial charge in [0.2, 0.25) is 5.91 Å². The number of carbonyl (C=O) groups is 3. The van der Waals surface area contributed by atoms with Crippen molar-refractivity contribution in [1.82, 2.24) is 30.1 Å². The third kappa shape index (κ3) is 6.15. The molecule has 0 saturated heterocycles. The fourth-order valence-corrected chi connectivity index (χ4v) is 4.61. The van der Waals surface area contributed by atoms with Crippen LogP contribution in [0.15, 0.2) is 67.1 Å². The highest BCUT2D eigenvalue weighted by Gasteiger charge is 2.36. The molecule has 1 aliphatic rings. The van der Waals surface area contributed by atoms with E-state index >= 15 is 0 Å². The number of rotatable bonds is 6. The Morgan fingerprint density at radius 1 is 1.10 bits per heavy atom. The maximum absolute atomic E-state index is 13.7. The topological polar surface area (TPSA) is 170 Å². The van der Waals surface area contributed by atoms with Gasteiger partial charge in [0.25, 0.3) is 5.91 Å². The Balaban J connectivity index is 1.42. The molecule has 41 heavy (non-hydrogen) atoms. The molecule has 1 atom stereocenters. The van der Waals surface area contributed by atoms with Gasteiger partial charge in [0.15, 0.2) is 0 Å². The first-order valence-electron chi connectivity index (χ1n) is 12.3. The van der Waals surface area contributed by atoms with Crippen LogP contribution in [0.5, 0.6) is 0 Å². The molecule has 0 radical (unpaired) electrons. The quantitative estimate of drug-likeness (QED) is 0.293. The Kier molecular flexibility index (Phi) is 7.87. The Morgan fingerprint density at radius 2 is 1.85 bits per heavy atom. The fourth-order valence-electron chi connectivity index (χ4n) is 4.43. The summed E-state index contributed by atoms with van der Waals surface area (Å²) >= 11 is 6.21. The Labute approximate surface area is 238 Å². The molecule has 2 aromatic carbocycles. The lowest BCUT2D eigenvalue weighted by molar-refractivity contribution is -0.135. The average molecular weight is 574 g/mol. The molecule has 0 aliphatic carbocycles. The molecule has 3 heterocycles. The third-order valence-corrected chi connectivity index (χ3v) is 6.56. The fraction of sp³-hybridized carbons (Fsp3) is 0.148. The lowest BCUT2D eigenvalue weighted by atomic mass is 9.95. The standard InChI is InChI=1S/C27H24ClN9O4/c1-41-27(40)33-20-6-4-19(5-7-20)32-26(39)25-21-13-18(29)14-30-22(21)10-11-36(25)24(38)9-2-16-12-17(28)3-8-23(16)37-15-31-34-35-37/h2-9,12-15,25H,10-11,29H2,1H3,(H,32,39)(H,33,40). The minimum atomic E-state index is -1.00. The van der Waals surface area contributed by atoms with Crippen LogP contribution < -0.4 is 16.4 Å². The van der Waals surface area contributed by atoms with Crippen LogP contribution in [-0.2, 0) is 20.7 Å². The smallest absolute Gasteiger partial charge is 0.411 e. The lowest BCUT2D eigenvalue weighted by Gasteiger charge is -2.35. The number of fused-ring (bicyclic) bond motifs is 1. The van der Waals surface area contributed by atoms with Gasteiger partial charge in [-0.1, -0.05) is 11.6 Å². The highest BCUT2D eigenvalue weighted by molar-refractivity contribution is 6.30. The van der Waals surface area contributed by atoms with Crippen LogP contribution in [-0.4, -0.2) is 61.7 Å². The van der Waals surface area contributed by atoms with Crippen LogP contribution in [0, 0.1) is 0 Å². The first kappa shape index (κ1) is 27.3. The Hall–Kier alpha value is -5.30. The highest BCUT2D eigenvalue weighted by atomic mass is 35.5. The maximum Gasteiger partial charge on any atom is 0.411 e. The normalized spacial score (nSPS) is 14.4. The molecule has 0 spiro atoms. The number of amides is 3. The number of ether oxygens (including phenoxy) is 1. The summed E-state index contributed by atoms with van der Waals surface area (Å²) < 4.78 is 6.04. The number of hydrogen-bond donors (Lipinski definition) is 3. The first-order valence-corrected chi connectivity index (χ1v) is 12.7. The van der Waals surface area contributed by atoms with Crippen LogP contribution in [0.4, 0.5) is 21.9 Å². The molecule has 13 nitrogen and oxygen atoms in total. The number of benzene rings is 2. The summed E-state index contributed by atoms with van der Waals surface area (Å²) in [6, 6.07) is 12.2. The van der Waals surface area contributed by atoms with Gasteiger partial charge in [-0.15, -0.1) is 5.10 Å². The van der Waals surface area contributed by atoms with Crippen LogP contribution >= 0.6 is 11.6 Å². The van der Waals surface area contributed by atoms with E-state index in [2.05, 4.69) is 35.9 Å². The molecular weight excluding hydrogens is 550 g/mol. The first-order chi connectivity index (χ1) is 19.8. The third-order valence-electron chi connectivity index (χ3n) is 6.33. The van der Waals surface area contributed by atoms with E-state index in [-0.39, 0.29) is 6.54 Å². The van der Waals surface area contributed by atoms with Gasteiger partial charge in [-0.25, -0.2) is 4.79 Å². The number of aromatic nitrogens is 5. The van der Waals surface area contributed by atoms with Crippen LogP contribution in [0.2, 0.25) is 5.02 Å². The predicted molar refractivity (Wildman–Crippen MR) is 151 cm³/mol.